The van der Waals surface area contributed by atoms with Gasteiger partial charge < -0.3 is 5.32 Å². The van der Waals surface area contributed by atoms with Crippen molar-refractivity contribution in [2.45, 2.75) is 13.1 Å². The van der Waals surface area contributed by atoms with Gasteiger partial charge in [0.25, 0.3) is 5.69 Å². The predicted octanol–water partition coefficient (Wildman–Crippen LogP) is 3.54. The van der Waals surface area contributed by atoms with E-state index in [1.807, 2.05) is 24.3 Å². The van der Waals surface area contributed by atoms with Crippen LogP contribution in [-0.2, 0) is 13.1 Å². The number of hydrogen-bond donors (Lipinski definition) is 1. The van der Waals surface area contributed by atoms with Crippen LogP contribution in [0.1, 0.15) is 11.1 Å². The second-order valence-electron chi connectivity index (χ2n) is 4.08. The maximum Gasteiger partial charge on any atom is 0.273 e. The van der Waals surface area contributed by atoms with Crippen molar-refractivity contribution in [1.29, 1.82) is 0 Å². The van der Waals surface area contributed by atoms with Crippen molar-refractivity contribution in [1.82, 2.24) is 5.32 Å². The molecule has 0 atom stereocenters. The van der Waals surface area contributed by atoms with Crippen molar-refractivity contribution in [3.8, 4) is 0 Å². The summed E-state index contributed by atoms with van der Waals surface area (Å²) in [6.45, 7) is 1.01. The molecule has 2 aromatic rings. The van der Waals surface area contributed by atoms with Gasteiger partial charge in [-0.25, -0.2) is 0 Å². The molecular weight excluding hydrogens is 264 g/mol. The summed E-state index contributed by atoms with van der Waals surface area (Å²) in [5.41, 5.74) is 1.77. The van der Waals surface area contributed by atoms with Crippen LogP contribution < -0.4 is 5.32 Å². The molecule has 0 aliphatic rings. The molecule has 0 heterocycles. The van der Waals surface area contributed by atoms with E-state index in [9.17, 15) is 10.1 Å². The van der Waals surface area contributed by atoms with Crippen molar-refractivity contribution in [3.05, 3.63) is 74.8 Å². The highest BCUT2D eigenvalue weighted by Crippen LogP contribution is 2.18. The molecule has 1 N–H and O–H groups in total. The average Bonchev–Trinajstić information content (AvgIpc) is 2.41. The molecule has 0 saturated heterocycles. The minimum atomic E-state index is -0.369. The van der Waals surface area contributed by atoms with Gasteiger partial charge in [0.1, 0.15) is 0 Å². The van der Waals surface area contributed by atoms with Gasteiger partial charge in [0.2, 0.25) is 0 Å². The van der Waals surface area contributed by atoms with Crippen molar-refractivity contribution >= 4 is 17.3 Å². The summed E-state index contributed by atoms with van der Waals surface area (Å²) < 4.78 is 0. The highest BCUT2D eigenvalue weighted by atomic mass is 35.5. The third kappa shape index (κ3) is 3.53. The second kappa shape index (κ2) is 6.31. The molecule has 0 fully saturated rings. The van der Waals surface area contributed by atoms with E-state index in [1.165, 1.54) is 6.07 Å². The van der Waals surface area contributed by atoms with Gasteiger partial charge >= 0.3 is 0 Å². The number of nitrogens with zero attached hydrogens (tertiary/aromatic N) is 1. The van der Waals surface area contributed by atoms with Crippen LogP contribution in [0.3, 0.4) is 0 Å². The number of nitro groups is 1. The monoisotopic (exact) mass is 276 g/mol. The normalized spacial score (nSPS) is 10.4. The van der Waals surface area contributed by atoms with E-state index in [0.29, 0.717) is 23.7 Å². The van der Waals surface area contributed by atoms with Crippen LogP contribution >= 0.6 is 11.6 Å². The molecule has 0 aliphatic carbocycles. The summed E-state index contributed by atoms with van der Waals surface area (Å²) in [5, 5.41) is 14.7. The molecule has 5 heteroatoms. The molecule has 0 unspecified atom stereocenters. The lowest BCUT2D eigenvalue weighted by atomic mass is 10.1. The molecule has 0 radical (unpaired) electrons. The number of benzene rings is 2. The van der Waals surface area contributed by atoms with Gasteiger partial charge in [0.05, 0.1) is 4.92 Å². The molecule has 2 rings (SSSR count). The van der Waals surface area contributed by atoms with E-state index < -0.39 is 0 Å². The molecule has 0 spiro atoms. The van der Waals surface area contributed by atoms with E-state index in [4.69, 9.17) is 11.6 Å². The molecule has 0 aliphatic heterocycles. The Morgan fingerprint density at radius 3 is 2.26 bits per heavy atom. The van der Waals surface area contributed by atoms with E-state index in [0.717, 1.165) is 5.56 Å². The minimum Gasteiger partial charge on any atom is -0.308 e. The Balaban J connectivity index is 2.00. The Morgan fingerprint density at radius 2 is 1.58 bits per heavy atom. The maximum absolute atomic E-state index is 10.9. The quantitative estimate of drug-likeness (QED) is 0.671. The van der Waals surface area contributed by atoms with Gasteiger partial charge in [-0.05, 0) is 11.6 Å². The summed E-state index contributed by atoms with van der Waals surface area (Å²) in [6, 6.07) is 14.2. The third-order valence-corrected chi connectivity index (χ3v) is 3.15. The van der Waals surface area contributed by atoms with Crippen LogP contribution in [0.15, 0.2) is 48.5 Å². The molecule has 98 valence electrons. The van der Waals surface area contributed by atoms with Crippen LogP contribution in [0, 0.1) is 10.1 Å². The largest absolute Gasteiger partial charge is 0.308 e. The maximum atomic E-state index is 10.9. The lowest BCUT2D eigenvalue weighted by molar-refractivity contribution is -0.385. The number of halogens is 1. The molecule has 19 heavy (non-hydrogen) atoms. The second-order valence-corrected chi connectivity index (χ2v) is 4.49. The first-order valence-electron chi connectivity index (χ1n) is 5.85. The standard InChI is InChI=1S/C14H13ClN2O2/c15-13-7-3-1-5-11(13)9-16-10-12-6-2-4-8-14(12)17(18)19/h1-8,16H,9-10H2. The molecule has 2 aromatic carbocycles. The van der Waals surface area contributed by atoms with E-state index >= 15 is 0 Å². The zero-order chi connectivity index (χ0) is 13.7. The lowest BCUT2D eigenvalue weighted by Gasteiger charge is -2.07. The van der Waals surface area contributed by atoms with Crippen molar-refractivity contribution < 1.29 is 4.92 Å². The van der Waals surface area contributed by atoms with Gasteiger partial charge in [-0.2, -0.15) is 0 Å². The molecular formula is C14H13ClN2O2. The highest BCUT2D eigenvalue weighted by Gasteiger charge is 2.11. The zero-order valence-electron chi connectivity index (χ0n) is 10.2. The van der Waals surface area contributed by atoms with Crippen LogP contribution in [0.25, 0.3) is 0 Å². The molecule has 0 saturated carbocycles. The Morgan fingerprint density at radius 1 is 1.00 bits per heavy atom. The van der Waals surface area contributed by atoms with Gasteiger partial charge in [0.15, 0.2) is 0 Å². The topological polar surface area (TPSA) is 55.2 Å². The molecule has 0 bridgehead atoms. The summed E-state index contributed by atoms with van der Waals surface area (Å²) in [6.07, 6.45) is 0. The average molecular weight is 277 g/mol. The van der Waals surface area contributed by atoms with E-state index in [-0.39, 0.29) is 10.6 Å². The van der Waals surface area contributed by atoms with Gasteiger partial charge in [-0.3, -0.25) is 10.1 Å². The summed E-state index contributed by atoms with van der Waals surface area (Å²) in [7, 11) is 0. The fourth-order valence-corrected chi connectivity index (χ4v) is 2.01. The molecule has 4 nitrogen and oxygen atoms in total. The van der Waals surface area contributed by atoms with Gasteiger partial charge in [0, 0.05) is 29.7 Å². The first-order chi connectivity index (χ1) is 9.18. The van der Waals surface area contributed by atoms with Crippen LogP contribution in [0.5, 0.6) is 0 Å². The number of nitrogens with one attached hydrogen (secondary N) is 1. The number of para-hydroxylation sites is 1. The Kier molecular flexibility index (Phi) is 4.49. The summed E-state index contributed by atoms with van der Waals surface area (Å²) in [4.78, 5) is 10.5. The van der Waals surface area contributed by atoms with Crippen LogP contribution in [0.4, 0.5) is 5.69 Å². The fraction of sp³-hybridized carbons (Fsp3) is 0.143. The van der Waals surface area contributed by atoms with Gasteiger partial charge in [-0.1, -0.05) is 48.0 Å². The highest BCUT2D eigenvalue weighted by molar-refractivity contribution is 6.31. The Hall–Kier alpha value is -1.91. The van der Waals surface area contributed by atoms with Crippen LogP contribution in [0.2, 0.25) is 5.02 Å². The van der Waals surface area contributed by atoms with Crippen molar-refractivity contribution in [3.63, 3.8) is 0 Å². The van der Waals surface area contributed by atoms with Gasteiger partial charge in [-0.15, -0.1) is 0 Å². The SMILES string of the molecule is O=[N+]([O-])c1ccccc1CNCc1ccccc1Cl. The first kappa shape index (κ1) is 13.5. The first-order valence-corrected chi connectivity index (χ1v) is 6.22. The van der Waals surface area contributed by atoms with E-state index in [2.05, 4.69) is 5.32 Å². The Labute approximate surface area is 116 Å². The zero-order valence-corrected chi connectivity index (χ0v) is 10.9. The third-order valence-electron chi connectivity index (χ3n) is 2.78. The number of rotatable bonds is 5. The lowest BCUT2D eigenvalue weighted by Crippen LogP contribution is -2.14. The number of nitro benzene ring substituents is 1. The molecule has 0 aromatic heterocycles. The van der Waals surface area contributed by atoms with Crippen LogP contribution in [-0.4, -0.2) is 4.92 Å². The smallest absolute Gasteiger partial charge is 0.273 e. The van der Waals surface area contributed by atoms with Crippen molar-refractivity contribution in [2.24, 2.45) is 0 Å². The van der Waals surface area contributed by atoms with E-state index in [1.54, 1.807) is 18.2 Å². The van der Waals surface area contributed by atoms with Crippen molar-refractivity contribution in [2.75, 3.05) is 0 Å². The minimum absolute atomic E-state index is 0.133. The molecule has 0 amide bonds. The number of hydrogen-bond acceptors (Lipinski definition) is 3. The fourth-order valence-electron chi connectivity index (χ4n) is 1.81. The summed E-state index contributed by atoms with van der Waals surface area (Å²) in [5.74, 6) is 0. The Bertz CT molecular complexity index is 587. The predicted molar refractivity (Wildman–Crippen MR) is 75.1 cm³/mol. The summed E-state index contributed by atoms with van der Waals surface area (Å²) >= 11 is 6.04.